The summed E-state index contributed by atoms with van der Waals surface area (Å²) in [6.45, 7) is 5.45. The zero-order valence-corrected chi connectivity index (χ0v) is 12.6. The molecule has 0 saturated carbocycles. The number of carbonyl (C=O) groups excluding carboxylic acids is 1. The summed E-state index contributed by atoms with van der Waals surface area (Å²) in [6.07, 6.45) is 4.66. The minimum Gasteiger partial charge on any atom is -0.338 e. The Morgan fingerprint density at radius 3 is 2.86 bits per heavy atom. The predicted octanol–water partition coefficient (Wildman–Crippen LogP) is 2.74. The molecule has 3 rings (SSSR count). The molecule has 0 bridgehead atoms. The number of rotatable bonds is 1. The zero-order chi connectivity index (χ0) is 14.9. The van der Waals surface area contributed by atoms with Gasteiger partial charge in [-0.1, -0.05) is 0 Å². The molecular formula is C17H23FN2O. The Hall–Kier alpha value is -1.42. The number of piperidine rings is 2. The summed E-state index contributed by atoms with van der Waals surface area (Å²) in [5, 5.41) is 3.47. The Balaban J connectivity index is 1.76. The van der Waals surface area contributed by atoms with Gasteiger partial charge in [0.2, 0.25) is 0 Å². The first-order chi connectivity index (χ1) is 10.1. The lowest BCUT2D eigenvalue weighted by Gasteiger charge is -2.45. The van der Waals surface area contributed by atoms with Gasteiger partial charge in [0, 0.05) is 30.6 Å². The molecule has 2 heterocycles. The third-order valence-corrected chi connectivity index (χ3v) is 4.91. The van der Waals surface area contributed by atoms with Crippen LogP contribution in [0, 0.1) is 18.2 Å². The standard InChI is InChI=1S/C17H23FN2O/c1-13-10-14(4-5-15(13)18)16(21)20-9-3-7-17(12-20)6-2-8-19-11-17/h4-5,10,19H,2-3,6-9,11-12H2,1H3. The Morgan fingerprint density at radius 2 is 2.14 bits per heavy atom. The zero-order valence-electron chi connectivity index (χ0n) is 12.6. The molecule has 21 heavy (non-hydrogen) atoms. The van der Waals surface area contributed by atoms with Crippen molar-refractivity contribution in [1.82, 2.24) is 10.2 Å². The lowest BCUT2D eigenvalue weighted by atomic mass is 9.74. The lowest BCUT2D eigenvalue weighted by molar-refractivity contribution is 0.0434. The molecule has 1 N–H and O–H groups in total. The van der Waals surface area contributed by atoms with Crippen molar-refractivity contribution in [3.8, 4) is 0 Å². The van der Waals surface area contributed by atoms with Crippen molar-refractivity contribution in [1.29, 1.82) is 0 Å². The fourth-order valence-corrected chi connectivity index (χ4v) is 3.72. The van der Waals surface area contributed by atoms with E-state index in [4.69, 9.17) is 0 Å². The highest BCUT2D eigenvalue weighted by atomic mass is 19.1. The third-order valence-electron chi connectivity index (χ3n) is 4.91. The molecular weight excluding hydrogens is 267 g/mol. The number of hydrogen-bond donors (Lipinski definition) is 1. The van der Waals surface area contributed by atoms with E-state index in [9.17, 15) is 9.18 Å². The van der Waals surface area contributed by atoms with Gasteiger partial charge >= 0.3 is 0 Å². The molecule has 1 atom stereocenters. The summed E-state index contributed by atoms with van der Waals surface area (Å²) in [4.78, 5) is 14.6. The summed E-state index contributed by atoms with van der Waals surface area (Å²) in [6, 6.07) is 4.66. The van der Waals surface area contributed by atoms with E-state index in [-0.39, 0.29) is 17.1 Å². The van der Waals surface area contributed by atoms with Crippen molar-refractivity contribution in [2.75, 3.05) is 26.2 Å². The number of nitrogens with one attached hydrogen (secondary N) is 1. The fourth-order valence-electron chi connectivity index (χ4n) is 3.72. The molecule has 0 aromatic heterocycles. The van der Waals surface area contributed by atoms with Gasteiger partial charge in [-0.15, -0.1) is 0 Å². The number of likely N-dealkylation sites (tertiary alicyclic amines) is 1. The van der Waals surface area contributed by atoms with Gasteiger partial charge in [0.1, 0.15) is 5.82 Å². The first kappa shape index (κ1) is 14.5. The second-order valence-corrected chi connectivity index (χ2v) is 6.57. The SMILES string of the molecule is Cc1cc(C(=O)N2CCCC3(CCCNC3)C2)ccc1F. The second kappa shape index (κ2) is 5.76. The van der Waals surface area contributed by atoms with Crippen LogP contribution in [0.1, 0.15) is 41.6 Å². The quantitative estimate of drug-likeness (QED) is 0.862. The fraction of sp³-hybridized carbons (Fsp3) is 0.588. The third kappa shape index (κ3) is 2.95. The Kier molecular flexibility index (Phi) is 3.98. The number of hydrogen-bond acceptors (Lipinski definition) is 2. The number of aryl methyl sites for hydroxylation is 1. The minimum atomic E-state index is -0.252. The summed E-state index contributed by atoms with van der Waals surface area (Å²) in [7, 11) is 0. The van der Waals surface area contributed by atoms with Gasteiger partial charge in [0.25, 0.3) is 5.91 Å². The van der Waals surface area contributed by atoms with Crippen LogP contribution in [0.4, 0.5) is 4.39 Å². The van der Waals surface area contributed by atoms with E-state index in [0.29, 0.717) is 11.1 Å². The van der Waals surface area contributed by atoms with Crippen LogP contribution in [0.5, 0.6) is 0 Å². The Bertz CT molecular complexity index is 532. The number of nitrogens with zero attached hydrogens (tertiary/aromatic N) is 1. The second-order valence-electron chi connectivity index (χ2n) is 6.57. The molecule has 1 aromatic carbocycles. The predicted molar refractivity (Wildman–Crippen MR) is 80.8 cm³/mol. The highest BCUT2D eigenvalue weighted by molar-refractivity contribution is 5.94. The van der Waals surface area contributed by atoms with E-state index >= 15 is 0 Å². The number of benzene rings is 1. The average molecular weight is 290 g/mol. The van der Waals surface area contributed by atoms with Gasteiger partial charge in [-0.2, -0.15) is 0 Å². The monoisotopic (exact) mass is 290 g/mol. The Morgan fingerprint density at radius 1 is 1.33 bits per heavy atom. The first-order valence-electron chi connectivity index (χ1n) is 7.86. The molecule has 2 aliphatic heterocycles. The normalized spacial score (nSPS) is 26.1. The molecule has 1 spiro atoms. The van der Waals surface area contributed by atoms with E-state index in [1.54, 1.807) is 19.1 Å². The van der Waals surface area contributed by atoms with Crippen molar-refractivity contribution in [2.24, 2.45) is 5.41 Å². The highest BCUT2D eigenvalue weighted by Gasteiger charge is 2.38. The summed E-state index contributed by atoms with van der Waals surface area (Å²) in [5.74, 6) is -0.208. The molecule has 0 radical (unpaired) electrons. The Labute approximate surface area is 125 Å². The van der Waals surface area contributed by atoms with Crippen molar-refractivity contribution >= 4 is 5.91 Å². The lowest BCUT2D eigenvalue weighted by Crippen LogP contribution is -2.52. The minimum absolute atomic E-state index is 0.0442. The topological polar surface area (TPSA) is 32.3 Å². The van der Waals surface area contributed by atoms with Crippen LogP contribution < -0.4 is 5.32 Å². The summed E-state index contributed by atoms with van der Waals surface area (Å²) < 4.78 is 13.4. The summed E-state index contributed by atoms with van der Waals surface area (Å²) in [5.41, 5.74) is 1.39. The van der Waals surface area contributed by atoms with E-state index in [1.165, 1.54) is 25.3 Å². The van der Waals surface area contributed by atoms with Crippen LogP contribution in [-0.2, 0) is 0 Å². The molecule has 114 valence electrons. The molecule has 1 aromatic rings. The molecule has 2 aliphatic rings. The van der Waals surface area contributed by atoms with Crippen LogP contribution in [0.2, 0.25) is 0 Å². The van der Waals surface area contributed by atoms with Crippen molar-refractivity contribution in [2.45, 2.75) is 32.6 Å². The molecule has 4 heteroatoms. The number of carbonyl (C=O) groups is 1. The van der Waals surface area contributed by atoms with Gasteiger partial charge in [0.05, 0.1) is 0 Å². The average Bonchev–Trinajstić information content (AvgIpc) is 2.50. The molecule has 1 unspecified atom stereocenters. The van der Waals surface area contributed by atoms with Crippen LogP contribution >= 0.6 is 0 Å². The van der Waals surface area contributed by atoms with Crippen LogP contribution in [0.25, 0.3) is 0 Å². The number of halogens is 1. The van der Waals surface area contributed by atoms with Crippen molar-refractivity contribution in [3.05, 3.63) is 35.1 Å². The molecule has 3 nitrogen and oxygen atoms in total. The van der Waals surface area contributed by atoms with Gasteiger partial charge in [-0.05, 0) is 62.9 Å². The maximum absolute atomic E-state index is 13.4. The van der Waals surface area contributed by atoms with Gasteiger partial charge in [-0.3, -0.25) is 4.79 Å². The van der Waals surface area contributed by atoms with Crippen molar-refractivity contribution < 1.29 is 9.18 Å². The van der Waals surface area contributed by atoms with E-state index < -0.39 is 0 Å². The van der Waals surface area contributed by atoms with Gasteiger partial charge in [0.15, 0.2) is 0 Å². The molecule has 0 aliphatic carbocycles. The smallest absolute Gasteiger partial charge is 0.253 e. The number of amides is 1. The van der Waals surface area contributed by atoms with Crippen LogP contribution in [0.15, 0.2) is 18.2 Å². The van der Waals surface area contributed by atoms with E-state index in [2.05, 4.69) is 5.32 Å². The maximum Gasteiger partial charge on any atom is 0.253 e. The summed E-state index contributed by atoms with van der Waals surface area (Å²) >= 11 is 0. The van der Waals surface area contributed by atoms with Gasteiger partial charge < -0.3 is 10.2 Å². The molecule has 1 amide bonds. The van der Waals surface area contributed by atoms with E-state index in [1.807, 2.05) is 4.90 Å². The largest absolute Gasteiger partial charge is 0.338 e. The first-order valence-corrected chi connectivity index (χ1v) is 7.86. The molecule has 2 saturated heterocycles. The van der Waals surface area contributed by atoms with Crippen LogP contribution in [0.3, 0.4) is 0 Å². The van der Waals surface area contributed by atoms with E-state index in [0.717, 1.165) is 32.6 Å². The van der Waals surface area contributed by atoms with Gasteiger partial charge in [-0.25, -0.2) is 4.39 Å². The highest BCUT2D eigenvalue weighted by Crippen LogP contribution is 2.36. The maximum atomic E-state index is 13.4. The molecule has 2 fully saturated rings. The van der Waals surface area contributed by atoms with Crippen LogP contribution in [-0.4, -0.2) is 37.0 Å². The van der Waals surface area contributed by atoms with Crippen molar-refractivity contribution in [3.63, 3.8) is 0 Å².